The molecule has 288 valence electrons. The van der Waals surface area contributed by atoms with Gasteiger partial charge in [0.25, 0.3) is 0 Å². The number of ether oxygens (including phenoxy) is 3. The minimum Gasteiger partial charge on any atom is -0.465 e. The lowest BCUT2D eigenvalue weighted by Crippen LogP contribution is -2.53. The van der Waals surface area contributed by atoms with Crippen LogP contribution in [0.2, 0.25) is 0 Å². The number of carbonyl (C=O) groups is 3. The fourth-order valence-corrected chi connectivity index (χ4v) is 5.84. The third-order valence-electron chi connectivity index (χ3n) is 8.46. The third-order valence-corrected chi connectivity index (χ3v) is 8.46. The Morgan fingerprint density at radius 3 is 0.735 bits per heavy atom. The van der Waals surface area contributed by atoms with E-state index in [2.05, 4.69) is 41.5 Å². The van der Waals surface area contributed by atoms with Gasteiger partial charge in [0.15, 0.2) is 0 Å². The molecule has 0 heterocycles. The van der Waals surface area contributed by atoms with Gasteiger partial charge in [-0.3, -0.25) is 14.4 Å². The lowest BCUT2D eigenvalue weighted by Gasteiger charge is -2.44. The van der Waals surface area contributed by atoms with Gasteiger partial charge in [-0.25, -0.2) is 0 Å². The minimum atomic E-state index is -1.15. The average molecular weight is 699 g/mol. The molecular formula is C39H75BO9. The molecule has 0 aromatic carbocycles. The molecule has 0 aromatic rings. The molecule has 0 aliphatic rings. The quantitative estimate of drug-likeness (QED) is 0.0788. The molecule has 0 bridgehead atoms. The Morgan fingerprint density at radius 1 is 0.408 bits per heavy atom. The molecule has 10 heteroatoms. The first-order valence-corrected chi connectivity index (χ1v) is 18.1. The van der Waals surface area contributed by atoms with Gasteiger partial charge in [-0.2, -0.15) is 0 Å². The first-order valence-electron chi connectivity index (χ1n) is 18.1. The van der Waals surface area contributed by atoms with E-state index < -0.39 is 58.1 Å². The molecule has 0 fully saturated rings. The summed E-state index contributed by atoms with van der Waals surface area (Å²) in [6.07, 6.45) is -1.35. The molecular weight excluding hydrogens is 623 g/mol. The summed E-state index contributed by atoms with van der Waals surface area (Å²) in [5.41, 5.74) is -3.77. The third kappa shape index (κ3) is 15.6. The largest absolute Gasteiger partial charge is 0.640 e. The molecule has 49 heavy (non-hydrogen) atoms. The molecule has 0 N–H and O–H groups in total. The molecule has 0 aliphatic heterocycles. The van der Waals surface area contributed by atoms with Crippen LogP contribution >= 0.6 is 0 Å². The van der Waals surface area contributed by atoms with E-state index in [0.717, 1.165) is 0 Å². The van der Waals surface area contributed by atoms with Crippen molar-refractivity contribution >= 4 is 25.2 Å². The van der Waals surface area contributed by atoms with E-state index >= 15 is 0 Å². The standard InChI is InChI=1S/C39H75BO9/c1-25(2)28(37(16,17)22-44-31(41)34(7,8)9)47-40(48-29(26(3)4)38(18,19)23-45-32(42)35(10,11)12)49-30(27(5)6)39(20,21)24-46-33(43)36(13,14)15/h25-30H,22-24H2,1-21H3. The van der Waals surface area contributed by atoms with Gasteiger partial charge < -0.3 is 28.2 Å². The van der Waals surface area contributed by atoms with Crippen LogP contribution in [0.1, 0.15) is 145 Å². The highest BCUT2D eigenvalue weighted by Gasteiger charge is 2.47. The van der Waals surface area contributed by atoms with Gasteiger partial charge in [-0.05, 0) is 80.1 Å². The van der Waals surface area contributed by atoms with E-state index in [-0.39, 0.29) is 55.5 Å². The van der Waals surface area contributed by atoms with E-state index in [0.29, 0.717) is 0 Å². The van der Waals surface area contributed by atoms with Crippen LogP contribution in [-0.2, 0) is 42.6 Å². The summed E-state index contributed by atoms with van der Waals surface area (Å²) >= 11 is 0. The number of hydrogen-bond donors (Lipinski definition) is 0. The minimum absolute atomic E-state index is 0.00506. The summed E-state index contributed by atoms with van der Waals surface area (Å²) < 4.78 is 38.0. The van der Waals surface area contributed by atoms with Crippen LogP contribution in [-0.4, -0.2) is 63.4 Å². The van der Waals surface area contributed by atoms with E-state index in [1.807, 2.05) is 104 Å². The number of hydrogen-bond acceptors (Lipinski definition) is 9. The number of rotatable bonds is 18. The van der Waals surface area contributed by atoms with Crippen LogP contribution in [0, 0.1) is 50.2 Å². The van der Waals surface area contributed by atoms with Crippen molar-refractivity contribution in [3.8, 4) is 0 Å². The maximum Gasteiger partial charge on any atom is 0.640 e. The van der Waals surface area contributed by atoms with Crippen molar-refractivity contribution in [3.63, 3.8) is 0 Å². The number of esters is 3. The van der Waals surface area contributed by atoms with Crippen LogP contribution in [0.3, 0.4) is 0 Å². The monoisotopic (exact) mass is 699 g/mol. The van der Waals surface area contributed by atoms with Gasteiger partial charge >= 0.3 is 25.2 Å². The molecule has 3 atom stereocenters. The first kappa shape index (κ1) is 47.4. The summed E-state index contributed by atoms with van der Waals surface area (Å²) in [4.78, 5) is 38.2. The van der Waals surface area contributed by atoms with Crippen LogP contribution in [0.25, 0.3) is 0 Å². The average Bonchev–Trinajstić information content (AvgIpc) is 2.90. The fourth-order valence-electron chi connectivity index (χ4n) is 5.84. The predicted octanol–water partition coefficient (Wildman–Crippen LogP) is 8.94. The van der Waals surface area contributed by atoms with Gasteiger partial charge in [0, 0.05) is 16.2 Å². The smallest absolute Gasteiger partial charge is 0.465 e. The summed E-state index contributed by atoms with van der Waals surface area (Å²) in [6, 6.07) is 0. The van der Waals surface area contributed by atoms with E-state index in [4.69, 9.17) is 28.2 Å². The molecule has 0 aromatic heterocycles. The van der Waals surface area contributed by atoms with Crippen molar-refractivity contribution in [2.24, 2.45) is 50.2 Å². The molecule has 0 aliphatic carbocycles. The Kier molecular flexibility index (Phi) is 17.1. The number of carbonyl (C=O) groups excluding carboxylic acids is 3. The second-order valence-corrected chi connectivity index (χ2v) is 20.1. The van der Waals surface area contributed by atoms with Gasteiger partial charge in [0.1, 0.15) is 0 Å². The highest BCUT2D eigenvalue weighted by atomic mass is 16.7. The van der Waals surface area contributed by atoms with Gasteiger partial charge in [-0.1, -0.05) is 83.1 Å². The highest BCUT2D eigenvalue weighted by molar-refractivity contribution is 6.36. The van der Waals surface area contributed by atoms with Gasteiger partial charge in [0.2, 0.25) is 0 Å². The second-order valence-electron chi connectivity index (χ2n) is 20.1. The van der Waals surface area contributed by atoms with Gasteiger partial charge in [-0.15, -0.1) is 0 Å². The maximum atomic E-state index is 12.7. The normalized spacial score (nSPS) is 15.7. The maximum absolute atomic E-state index is 12.7. The SMILES string of the molecule is CC(C)C(OB(OC(C(C)C)C(C)(C)COC(=O)C(C)(C)C)OC(C(C)C)C(C)(C)COC(=O)C(C)(C)C)C(C)(C)COC(=O)C(C)(C)C. The molecule has 0 saturated heterocycles. The van der Waals surface area contributed by atoms with Crippen LogP contribution < -0.4 is 0 Å². The van der Waals surface area contributed by atoms with Crippen molar-refractivity contribution < 1.29 is 42.6 Å². The van der Waals surface area contributed by atoms with E-state index in [1.165, 1.54) is 0 Å². The molecule has 0 saturated carbocycles. The van der Waals surface area contributed by atoms with Crippen molar-refractivity contribution in [2.45, 2.75) is 164 Å². The predicted molar refractivity (Wildman–Crippen MR) is 197 cm³/mol. The molecule has 0 amide bonds. The van der Waals surface area contributed by atoms with Crippen LogP contribution in [0.4, 0.5) is 0 Å². The molecule has 0 rings (SSSR count). The Balaban J connectivity index is 6.81. The Labute approximate surface area is 301 Å². The molecule has 0 spiro atoms. The summed E-state index contributed by atoms with van der Waals surface area (Å²) in [6.45, 7) is 41.3. The summed E-state index contributed by atoms with van der Waals surface area (Å²) in [5.74, 6) is -0.876. The zero-order valence-electron chi connectivity index (χ0n) is 35.3. The zero-order valence-corrected chi connectivity index (χ0v) is 35.3. The molecule has 9 nitrogen and oxygen atoms in total. The van der Waals surface area contributed by atoms with Crippen molar-refractivity contribution in [1.82, 2.24) is 0 Å². The van der Waals surface area contributed by atoms with Gasteiger partial charge in [0.05, 0.1) is 54.4 Å². The second kappa shape index (κ2) is 17.7. The topological polar surface area (TPSA) is 107 Å². The van der Waals surface area contributed by atoms with Crippen molar-refractivity contribution in [2.75, 3.05) is 19.8 Å². The summed E-state index contributed by atoms with van der Waals surface area (Å²) in [7, 11) is -1.15. The fraction of sp³-hybridized carbons (Fsp3) is 0.923. The zero-order chi connectivity index (χ0) is 39.1. The Bertz CT molecular complexity index is 923. The lowest BCUT2D eigenvalue weighted by atomic mass is 9.78. The first-order chi connectivity index (χ1) is 21.7. The Morgan fingerprint density at radius 2 is 0.592 bits per heavy atom. The van der Waals surface area contributed by atoms with E-state index in [1.54, 1.807) is 0 Å². The molecule has 3 unspecified atom stereocenters. The van der Waals surface area contributed by atoms with Crippen LogP contribution in [0.15, 0.2) is 0 Å². The Hall–Kier alpha value is -1.65. The van der Waals surface area contributed by atoms with E-state index in [9.17, 15) is 14.4 Å². The van der Waals surface area contributed by atoms with Crippen molar-refractivity contribution in [3.05, 3.63) is 0 Å². The lowest BCUT2D eigenvalue weighted by molar-refractivity contribution is -0.163. The van der Waals surface area contributed by atoms with Crippen molar-refractivity contribution in [1.29, 1.82) is 0 Å². The molecule has 0 radical (unpaired) electrons. The summed E-state index contributed by atoms with van der Waals surface area (Å²) in [5, 5.41) is 0. The van der Waals surface area contributed by atoms with Crippen LogP contribution in [0.5, 0.6) is 0 Å². The highest BCUT2D eigenvalue weighted by Crippen LogP contribution is 2.37.